The quantitative estimate of drug-likeness (QED) is 0.166. The molecule has 2 aromatic rings. The van der Waals surface area contributed by atoms with Crippen molar-refractivity contribution in [3.05, 3.63) is 65.2 Å². The molecule has 0 aliphatic carbocycles. The van der Waals surface area contributed by atoms with Crippen LogP contribution in [-0.2, 0) is 17.8 Å². The number of ether oxygens (including phenoxy) is 2. The van der Waals surface area contributed by atoms with Crippen LogP contribution in [0.15, 0.2) is 54.1 Å². The summed E-state index contributed by atoms with van der Waals surface area (Å²) < 4.78 is 11.7. The second-order valence-electron chi connectivity index (χ2n) is 10.4. The fourth-order valence-electron chi connectivity index (χ4n) is 4.86. The molecule has 39 heavy (non-hydrogen) atoms. The van der Waals surface area contributed by atoms with Crippen LogP contribution in [-0.4, -0.2) is 30.4 Å². The van der Waals surface area contributed by atoms with Crippen LogP contribution < -0.4 is 14.8 Å². The van der Waals surface area contributed by atoms with E-state index in [2.05, 4.69) is 40.9 Å². The first-order valence-corrected chi connectivity index (χ1v) is 15.9. The van der Waals surface area contributed by atoms with Crippen LogP contribution in [0.2, 0.25) is 0 Å². The maximum atomic E-state index is 12.9. The average molecular weight is 553 g/mol. The van der Waals surface area contributed by atoms with E-state index in [4.69, 9.17) is 9.47 Å². The molecule has 1 heterocycles. The van der Waals surface area contributed by atoms with Crippen molar-refractivity contribution in [1.82, 2.24) is 4.90 Å². The average Bonchev–Trinajstić information content (AvgIpc) is 3.46. The van der Waals surface area contributed by atoms with Gasteiger partial charge in [0.25, 0.3) is 0 Å². The molecule has 1 N–H and O–H groups in total. The molecule has 2 aromatic carbocycles. The molecule has 214 valence electrons. The second kappa shape index (κ2) is 18.6. The number of nitrogens with one attached hydrogen (secondary N) is 1. The summed E-state index contributed by atoms with van der Waals surface area (Å²) in [6.45, 7) is 3.79. The number of amides is 1. The predicted octanol–water partition coefficient (Wildman–Crippen LogP) is 8.93. The van der Waals surface area contributed by atoms with E-state index in [0.717, 1.165) is 30.1 Å². The maximum Gasteiger partial charge on any atom is 0.228 e. The van der Waals surface area contributed by atoms with Crippen LogP contribution in [0.4, 0.5) is 5.69 Å². The zero-order chi connectivity index (χ0) is 27.5. The molecule has 0 aromatic heterocycles. The van der Waals surface area contributed by atoms with Gasteiger partial charge in [-0.2, -0.15) is 0 Å². The highest BCUT2D eigenvalue weighted by Gasteiger charge is 2.14. The number of carbonyl (C=O) groups excluding carboxylic acids is 1. The van der Waals surface area contributed by atoms with E-state index in [9.17, 15) is 4.79 Å². The van der Waals surface area contributed by atoms with E-state index in [-0.39, 0.29) is 12.3 Å². The Bertz CT molecular complexity index is 993. The van der Waals surface area contributed by atoms with Crippen LogP contribution in [0, 0.1) is 0 Å². The molecule has 1 aliphatic rings. The number of para-hydroxylation sites is 1. The highest BCUT2D eigenvalue weighted by molar-refractivity contribution is 8.02. The van der Waals surface area contributed by atoms with Crippen molar-refractivity contribution in [2.75, 3.05) is 24.9 Å². The minimum Gasteiger partial charge on any atom is -0.493 e. The Morgan fingerprint density at radius 1 is 0.897 bits per heavy atom. The van der Waals surface area contributed by atoms with Crippen LogP contribution >= 0.6 is 11.8 Å². The summed E-state index contributed by atoms with van der Waals surface area (Å²) in [6, 6.07) is 13.8. The minimum atomic E-state index is -0.0647. The third kappa shape index (κ3) is 12.0. The summed E-state index contributed by atoms with van der Waals surface area (Å²) in [7, 11) is 1.65. The van der Waals surface area contributed by atoms with Gasteiger partial charge in [0.2, 0.25) is 5.91 Å². The molecule has 6 heteroatoms. The maximum absolute atomic E-state index is 12.9. The minimum absolute atomic E-state index is 0.0647. The van der Waals surface area contributed by atoms with Crippen molar-refractivity contribution in [3.63, 3.8) is 0 Å². The lowest BCUT2D eigenvalue weighted by Crippen LogP contribution is -2.16. The van der Waals surface area contributed by atoms with Gasteiger partial charge in [0.15, 0.2) is 11.5 Å². The van der Waals surface area contributed by atoms with E-state index in [0.29, 0.717) is 18.1 Å². The Balaban J connectivity index is 1.36. The van der Waals surface area contributed by atoms with Crippen molar-refractivity contribution < 1.29 is 14.3 Å². The molecule has 0 fully saturated rings. The normalized spacial score (nSPS) is 12.6. The number of anilines is 1. The van der Waals surface area contributed by atoms with Gasteiger partial charge in [-0.15, -0.1) is 11.8 Å². The topological polar surface area (TPSA) is 50.8 Å². The van der Waals surface area contributed by atoms with Gasteiger partial charge in [0.05, 0.1) is 26.0 Å². The molecule has 5 nitrogen and oxygen atoms in total. The summed E-state index contributed by atoms with van der Waals surface area (Å²) in [5, 5.41) is 5.14. The third-order valence-electron chi connectivity index (χ3n) is 7.11. The van der Waals surface area contributed by atoms with Gasteiger partial charge < -0.3 is 19.7 Å². The first-order valence-electron chi connectivity index (χ1n) is 14.9. The third-order valence-corrected chi connectivity index (χ3v) is 7.90. The summed E-state index contributed by atoms with van der Waals surface area (Å²) >= 11 is 1.80. The zero-order valence-electron chi connectivity index (χ0n) is 24.1. The van der Waals surface area contributed by atoms with Gasteiger partial charge in [-0.25, -0.2) is 0 Å². The molecule has 0 bridgehead atoms. The Morgan fingerprint density at radius 3 is 2.18 bits per heavy atom. The number of thioether (sulfide) groups is 1. The highest BCUT2D eigenvalue weighted by atomic mass is 32.2. The van der Waals surface area contributed by atoms with Crippen molar-refractivity contribution in [2.45, 2.75) is 96.9 Å². The van der Waals surface area contributed by atoms with Gasteiger partial charge >= 0.3 is 0 Å². The van der Waals surface area contributed by atoms with Gasteiger partial charge in [0.1, 0.15) is 0 Å². The van der Waals surface area contributed by atoms with Crippen LogP contribution in [0.25, 0.3) is 0 Å². The molecular weight excluding hydrogens is 504 g/mol. The molecule has 0 saturated heterocycles. The fourth-order valence-corrected chi connectivity index (χ4v) is 5.57. The first-order chi connectivity index (χ1) is 19.2. The van der Waals surface area contributed by atoms with Gasteiger partial charge in [0, 0.05) is 24.0 Å². The molecule has 0 spiro atoms. The summed E-state index contributed by atoms with van der Waals surface area (Å²) in [4.78, 5) is 15.1. The van der Waals surface area contributed by atoms with E-state index in [1.165, 1.54) is 76.2 Å². The molecule has 0 unspecified atom stereocenters. The number of rotatable bonds is 20. The fraction of sp³-hybridized carbons (Fsp3) is 0.545. The predicted molar refractivity (Wildman–Crippen MR) is 165 cm³/mol. The Hall–Kier alpha value is -2.60. The van der Waals surface area contributed by atoms with Crippen molar-refractivity contribution in [2.24, 2.45) is 0 Å². The van der Waals surface area contributed by atoms with Crippen molar-refractivity contribution >= 4 is 23.4 Å². The molecular formula is C33H48N2O3S. The van der Waals surface area contributed by atoms with Crippen LogP contribution in [0.5, 0.6) is 11.5 Å². The largest absolute Gasteiger partial charge is 0.493 e. The van der Waals surface area contributed by atoms with Gasteiger partial charge in [-0.3, -0.25) is 4.79 Å². The lowest BCUT2D eigenvalue weighted by atomic mass is 10.1. The number of nitrogens with zero attached hydrogens (tertiary/aromatic N) is 1. The molecule has 3 rings (SSSR count). The molecule has 0 radical (unpaired) electrons. The smallest absolute Gasteiger partial charge is 0.228 e. The van der Waals surface area contributed by atoms with E-state index < -0.39 is 0 Å². The Morgan fingerprint density at radius 2 is 1.56 bits per heavy atom. The van der Waals surface area contributed by atoms with Crippen molar-refractivity contribution in [3.8, 4) is 11.5 Å². The lowest BCUT2D eigenvalue weighted by molar-refractivity contribution is -0.115. The monoisotopic (exact) mass is 552 g/mol. The number of carbonyl (C=O) groups is 1. The Kier molecular flexibility index (Phi) is 14.8. The van der Waals surface area contributed by atoms with Crippen LogP contribution in [0.1, 0.15) is 95.1 Å². The number of unbranched alkanes of at least 4 members (excludes halogenated alkanes) is 11. The van der Waals surface area contributed by atoms with E-state index in [1.807, 2.05) is 30.3 Å². The standard InChI is InChI=1S/C33H48N2O3S/c1-3-4-5-6-7-8-9-10-11-12-13-14-23-38-33-29(16-15-17-31(33)37-2)25-32(36)34-30-20-18-28(19-21-30)26-35-22-24-39-27-35/h15-22,24H,3-14,23,25-27H2,1-2H3,(H,34,36). The van der Waals surface area contributed by atoms with E-state index in [1.54, 1.807) is 18.9 Å². The number of hydrogen-bond acceptors (Lipinski definition) is 5. The number of hydrogen-bond donors (Lipinski definition) is 1. The van der Waals surface area contributed by atoms with Gasteiger partial charge in [-0.1, -0.05) is 102 Å². The lowest BCUT2D eigenvalue weighted by Gasteiger charge is -2.16. The first kappa shape index (κ1) is 30.9. The molecule has 1 amide bonds. The molecule has 0 atom stereocenters. The zero-order valence-corrected chi connectivity index (χ0v) is 24.9. The summed E-state index contributed by atoms with van der Waals surface area (Å²) in [6.07, 6.45) is 18.1. The second-order valence-corrected chi connectivity index (χ2v) is 11.3. The Labute approximate surface area is 240 Å². The number of methoxy groups -OCH3 is 1. The SMILES string of the molecule is CCCCCCCCCCCCCCOc1c(CC(=O)Nc2ccc(CN3C=CSC3)cc2)cccc1OC. The van der Waals surface area contributed by atoms with Crippen LogP contribution in [0.3, 0.4) is 0 Å². The molecule has 0 saturated carbocycles. The highest BCUT2D eigenvalue weighted by Crippen LogP contribution is 2.32. The van der Waals surface area contributed by atoms with Crippen molar-refractivity contribution in [1.29, 1.82) is 0 Å². The summed E-state index contributed by atoms with van der Waals surface area (Å²) in [5.41, 5.74) is 2.87. The summed E-state index contributed by atoms with van der Waals surface area (Å²) in [5.74, 6) is 2.29. The van der Waals surface area contributed by atoms with Gasteiger partial charge in [-0.05, 0) is 35.6 Å². The number of benzene rings is 2. The van der Waals surface area contributed by atoms with E-state index >= 15 is 0 Å². The molecule has 1 aliphatic heterocycles.